The fourth-order valence-electron chi connectivity index (χ4n) is 2.88. The second-order valence-corrected chi connectivity index (χ2v) is 6.70. The van der Waals surface area contributed by atoms with Crippen LogP contribution in [0.25, 0.3) is 0 Å². The highest BCUT2D eigenvalue weighted by Crippen LogP contribution is 2.29. The fourth-order valence-corrected chi connectivity index (χ4v) is 3.36. The predicted octanol–water partition coefficient (Wildman–Crippen LogP) is 4.48. The van der Waals surface area contributed by atoms with Gasteiger partial charge in [-0.3, -0.25) is 4.79 Å². The average molecular weight is 314 g/mol. The molecule has 0 heterocycles. The number of halogens is 2. The molecule has 1 amide bonds. The Bertz CT molecular complexity index is 489. The molecular weight excluding hydrogens is 293 g/mol. The zero-order valence-corrected chi connectivity index (χ0v) is 13.5. The van der Waals surface area contributed by atoms with Gasteiger partial charge in [0.15, 0.2) is 0 Å². The Balaban J connectivity index is 1.95. The van der Waals surface area contributed by atoms with Crippen LogP contribution >= 0.6 is 23.2 Å². The number of amides is 1. The first-order valence-electron chi connectivity index (χ1n) is 7.20. The smallest absolute Gasteiger partial charge is 0.224 e. The molecule has 1 aliphatic carbocycles. The molecule has 1 saturated carbocycles. The van der Waals surface area contributed by atoms with Gasteiger partial charge in [-0.15, -0.1) is 0 Å². The number of carbonyl (C=O) groups is 1. The average Bonchev–Trinajstić information content (AvgIpc) is 2.38. The van der Waals surface area contributed by atoms with E-state index in [4.69, 9.17) is 23.2 Å². The lowest BCUT2D eigenvalue weighted by Gasteiger charge is -2.34. The quantitative estimate of drug-likeness (QED) is 0.876. The number of hydrogen-bond acceptors (Lipinski definition) is 1. The molecule has 0 saturated heterocycles. The first-order chi connectivity index (χ1) is 9.47. The standard InChI is InChI=1S/C16H21Cl2NO/c1-10-4-3-5-15(11(10)2)19-16(20)8-12-6-7-13(17)9-14(12)18/h6-7,9-11,15H,3-5,8H2,1-2H3,(H,19,20)/t10-,11-,15-/m1/s1. The molecule has 1 aromatic carbocycles. The molecule has 0 aliphatic heterocycles. The summed E-state index contributed by atoms with van der Waals surface area (Å²) in [6.45, 7) is 4.49. The molecule has 110 valence electrons. The molecule has 0 aromatic heterocycles. The highest BCUT2D eigenvalue weighted by atomic mass is 35.5. The maximum atomic E-state index is 12.2. The molecule has 1 aliphatic rings. The van der Waals surface area contributed by atoms with Crippen molar-refractivity contribution >= 4 is 29.1 Å². The van der Waals surface area contributed by atoms with E-state index in [-0.39, 0.29) is 11.9 Å². The molecule has 0 spiro atoms. The van der Waals surface area contributed by atoms with Crippen molar-refractivity contribution in [2.45, 2.75) is 45.6 Å². The van der Waals surface area contributed by atoms with Crippen molar-refractivity contribution in [1.29, 1.82) is 0 Å². The Morgan fingerprint density at radius 1 is 1.30 bits per heavy atom. The molecule has 1 N–H and O–H groups in total. The summed E-state index contributed by atoms with van der Waals surface area (Å²) >= 11 is 12.0. The molecule has 2 nitrogen and oxygen atoms in total. The van der Waals surface area contributed by atoms with Crippen LogP contribution in [0.1, 0.15) is 38.7 Å². The van der Waals surface area contributed by atoms with E-state index in [0.717, 1.165) is 12.0 Å². The van der Waals surface area contributed by atoms with Crippen LogP contribution in [0, 0.1) is 11.8 Å². The van der Waals surface area contributed by atoms with Crippen molar-refractivity contribution < 1.29 is 4.79 Å². The van der Waals surface area contributed by atoms with Crippen molar-refractivity contribution in [2.24, 2.45) is 11.8 Å². The predicted molar refractivity (Wildman–Crippen MR) is 84.3 cm³/mol. The number of benzene rings is 1. The van der Waals surface area contributed by atoms with E-state index >= 15 is 0 Å². The van der Waals surface area contributed by atoms with E-state index in [1.807, 2.05) is 6.07 Å². The van der Waals surface area contributed by atoms with Crippen molar-refractivity contribution in [1.82, 2.24) is 5.32 Å². The summed E-state index contributed by atoms with van der Waals surface area (Å²) in [7, 11) is 0. The van der Waals surface area contributed by atoms with Crippen molar-refractivity contribution in [3.63, 3.8) is 0 Å². The fraction of sp³-hybridized carbons (Fsp3) is 0.562. The van der Waals surface area contributed by atoms with E-state index in [1.165, 1.54) is 12.8 Å². The highest BCUT2D eigenvalue weighted by molar-refractivity contribution is 6.35. The maximum absolute atomic E-state index is 12.2. The lowest BCUT2D eigenvalue weighted by molar-refractivity contribution is -0.121. The number of nitrogens with one attached hydrogen (secondary N) is 1. The van der Waals surface area contributed by atoms with Gasteiger partial charge in [-0.05, 0) is 36.0 Å². The van der Waals surface area contributed by atoms with Crippen LogP contribution in [0.3, 0.4) is 0 Å². The summed E-state index contributed by atoms with van der Waals surface area (Å²) < 4.78 is 0. The van der Waals surface area contributed by atoms with Crippen LogP contribution in [0.15, 0.2) is 18.2 Å². The van der Waals surface area contributed by atoms with Crippen LogP contribution in [0.4, 0.5) is 0 Å². The summed E-state index contributed by atoms with van der Waals surface area (Å²) in [6, 6.07) is 5.55. The Kier molecular flexibility index (Phi) is 5.34. The number of carbonyl (C=O) groups excluding carboxylic acids is 1. The molecule has 1 fully saturated rings. The van der Waals surface area contributed by atoms with Gasteiger partial charge in [-0.1, -0.05) is 56.0 Å². The summed E-state index contributed by atoms with van der Waals surface area (Å²) in [5.74, 6) is 1.25. The first-order valence-corrected chi connectivity index (χ1v) is 7.96. The molecule has 2 rings (SSSR count). The molecule has 0 radical (unpaired) electrons. The summed E-state index contributed by atoms with van der Waals surface area (Å²) in [5.41, 5.74) is 0.824. The third-order valence-corrected chi connectivity index (χ3v) is 5.01. The SMILES string of the molecule is C[C@@H]1[C@H](C)CCC[C@H]1NC(=O)Cc1ccc(Cl)cc1Cl. The van der Waals surface area contributed by atoms with E-state index in [1.54, 1.807) is 12.1 Å². The van der Waals surface area contributed by atoms with E-state index in [0.29, 0.717) is 28.3 Å². The van der Waals surface area contributed by atoms with Gasteiger partial charge in [0.1, 0.15) is 0 Å². The molecule has 1 aromatic rings. The zero-order chi connectivity index (χ0) is 14.7. The second kappa shape index (κ2) is 6.82. The van der Waals surface area contributed by atoms with Gasteiger partial charge in [-0.2, -0.15) is 0 Å². The summed E-state index contributed by atoms with van der Waals surface area (Å²) in [4.78, 5) is 12.2. The Morgan fingerprint density at radius 3 is 2.75 bits per heavy atom. The van der Waals surface area contributed by atoms with Crippen LogP contribution in [0.2, 0.25) is 10.0 Å². The number of rotatable bonds is 3. The second-order valence-electron chi connectivity index (χ2n) is 5.85. The van der Waals surface area contributed by atoms with E-state index in [2.05, 4.69) is 19.2 Å². The summed E-state index contributed by atoms with van der Waals surface area (Å²) in [6.07, 6.45) is 3.84. The van der Waals surface area contributed by atoms with Gasteiger partial charge in [-0.25, -0.2) is 0 Å². The Hall–Kier alpha value is -0.730. The van der Waals surface area contributed by atoms with Gasteiger partial charge in [0, 0.05) is 16.1 Å². The first kappa shape index (κ1) is 15.7. The molecule has 4 heteroatoms. The minimum Gasteiger partial charge on any atom is -0.353 e. The van der Waals surface area contributed by atoms with Crippen molar-refractivity contribution in [3.8, 4) is 0 Å². The Morgan fingerprint density at radius 2 is 2.05 bits per heavy atom. The molecule has 20 heavy (non-hydrogen) atoms. The van der Waals surface area contributed by atoms with Gasteiger partial charge < -0.3 is 5.32 Å². The van der Waals surface area contributed by atoms with Crippen LogP contribution in [0.5, 0.6) is 0 Å². The highest BCUT2D eigenvalue weighted by Gasteiger charge is 2.28. The van der Waals surface area contributed by atoms with Crippen LogP contribution < -0.4 is 5.32 Å². The van der Waals surface area contributed by atoms with E-state index in [9.17, 15) is 4.79 Å². The van der Waals surface area contributed by atoms with Gasteiger partial charge in [0.2, 0.25) is 5.91 Å². The minimum atomic E-state index is 0.0418. The molecular formula is C16H21Cl2NO. The molecule has 0 unspecified atom stereocenters. The molecule has 0 bridgehead atoms. The maximum Gasteiger partial charge on any atom is 0.224 e. The van der Waals surface area contributed by atoms with Gasteiger partial charge >= 0.3 is 0 Å². The van der Waals surface area contributed by atoms with Gasteiger partial charge in [0.25, 0.3) is 0 Å². The van der Waals surface area contributed by atoms with Crippen molar-refractivity contribution in [2.75, 3.05) is 0 Å². The largest absolute Gasteiger partial charge is 0.353 e. The van der Waals surface area contributed by atoms with Crippen molar-refractivity contribution in [3.05, 3.63) is 33.8 Å². The zero-order valence-electron chi connectivity index (χ0n) is 12.0. The lowest BCUT2D eigenvalue weighted by atomic mass is 9.78. The monoisotopic (exact) mass is 313 g/mol. The molecule has 3 atom stereocenters. The van der Waals surface area contributed by atoms with E-state index < -0.39 is 0 Å². The minimum absolute atomic E-state index is 0.0418. The third-order valence-electron chi connectivity index (χ3n) is 4.42. The number of hydrogen-bond donors (Lipinski definition) is 1. The van der Waals surface area contributed by atoms with Crippen LogP contribution in [-0.4, -0.2) is 11.9 Å². The third kappa shape index (κ3) is 3.89. The lowest BCUT2D eigenvalue weighted by Crippen LogP contribution is -2.44. The van der Waals surface area contributed by atoms with Crippen LogP contribution in [-0.2, 0) is 11.2 Å². The summed E-state index contributed by atoms with van der Waals surface area (Å²) in [5, 5.41) is 4.30. The normalized spacial score (nSPS) is 26.3. The Labute approximate surface area is 130 Å². The van der Waals surface area contributed by atoms with Gasteiger partial charge in [0.05, 0.1) is 6.42 Å². The topological polar surface area (TPSA) is 29.1 Å².